The molecule has 0 aliphatic carbocycles. The van der Waals surface area contributed by atoms with Crippen molar-refractivity contribution in [2.75, 3.05) is 76.4 Å². The summed E-state index contributed by atoms with van der Waals surface area (Å²) in [5.41, 5.74) is 0.985. The number of nitrogens with zero attached hydrogens (tertiary/aromatic N) is 6. The summed E-state index contributed by atoms with van der Waals surface area (Å²) in [4.78, 5) is 16.5. The number of nitrogens with one attached hydrogen (secondary N) is 2. The molecule has 160 valence electrons. The SMILES string of the molecule is CCOc1c(Nc2cc(C)[nH]n2)nc(SC)nc1N1CCN(CCN(C)C)CC1. The Morgan fingerprint density at radius 2 is 2.00 bits per heavy atom. The summed E-state index contributed by atoms with van der Waals surface area (Å²) in [5, 5.41) is 11.2. The van der Waals surface area contributed by atoms with Gasteiger partial charge in [0.2, 0.25) is 5.75 Å². The molecule has 2 aromatic heterocycles. The fourth-order valence-electron chi connectivity index (χ4n) is 3.21. The molecular formula is C19H32N8OS. The van der Waals surface area contributed by atoms with Crippen LogP contribution < -0.4 is 15.0 Å². The number of aromatic amines is 1. The second-order valence-electron chi connectivity index (χ2n) is 7.34. The predicted molar refractivity (Wildman–Crippen MR) is 119 cm³/mol. The fraction of sp³-hybridized carbons (Fsp3) is 0.632. The Morgan fingerprint density at radius 1 is 1.24 bits per heavy atom. The van der Waals surface area contributed by atoms with Crippen LogP contribution in [-0.4, -0.2) is 96.2 Å². The van der Waals surface area contributed by atoms with Crippen molar-refractivity contribution in [1.29, 1.82) is 0 Å². The summed E-state index contributed by atoms with van der Waals surface area (Å²) in [6.45, 7) is 10.5. The van der Waals surface area contributed by atoms with Crippen molar-refractivity contribution < 1.29 is 4.74 Å². The molecule has 0 aromatic carbocycles. The van der Waals surface area contributed by atoms with Gasteiger partial charge in [-0.05, 0) is 34.2 Å². The summed E-state index contributed by atoms with van der Waals surface area (Å²) in [7, 11) is 4.23. The van der Waals surface area contributed by atoms with Crippen LogP contribution in [0.4, 0.5) is 17.5 Å². The second-order valence-corrected chi connectivity index (χ2v) is 8.11. The van der Waals surface area contributed by atoms with Crippen LogP contribution in [0.2, 0.25) is 0 Å². The standard InChI is InChI=1S/C19H32N8OS/c1-6-28-16-17(20-15-13-14(2)23-24-15)21-19(29-5)22-18(16)27-11-9-26(10-12-27)8-7-25(3)4/h13H,6-12H2,1-5H3,(H2,20,21,22,23,24). The lowest BCUT2D eigenvalue weighted by atomic mass is 10.3. The average Bonchev–Trinajstić information content (AvgIpc) is 3.12. The molecule has 9 nitrogen and oxygen atoms in total. The molecule has 2 N–H and O–H groups in total. The van der Waals surface area contributed by atoms with Crippen molar-refractivity contribution >= 4 is 29.2 Å². The Labute approximate surface area is 177 Å². The number of hydrogen-bond acceptors (Lipinski definition) is 9. The van der Waals surface area contributed by atoms with E-state index >= 15 is 0 Å². The lowest BCUT2D eigenvalue weighted by Gasteiger charge is -2.36. The van der Waals surface area contributed by atoms with Crippen LogP contribution in [0.1, 0.15) is 12.6 Å². The van der Waals surface area contributed by atoms with Gasteiger partial charge in [-0.2, -0.15) is 5.10 Å². The fourth-order valence-corrected chi connectivity index (χ4v) is 3.57. The maximum atomic E-state index is 6.01. The zero-order chi connectivity index (χ0) is 20.8. The third-order valence-electron chi connectivity index (χ3n) is 4.79. The number of ether oxygens (including phenoxy) is 1. The Bertz CT molecular complexity index is 789. The topological polar surface area (TPSA) is 85.4 Å². The molecular weight excluding hydrogens is 388 g/mol. The number of rotatable bonds is 9. The van der Waals surface area contributed by atoms with E-state index in [-0.39, 0.29) is 0 Å². The van der Waals surface area contributed by atoms with E-state index in [9.17, 15) is 0 Å². The van der Waals surface area contributed by atoms with Crippen molar-refractivity contribution in [3.05, 3.63) is 11.8 Å². The van der Waals surface area contributed by atoms with E-state index < -0.39 is 0 Å². The molecule has 1 aliphatic heterocycles. The molecule has 3 heterocycles. The maximum Gasteiger partial charge on any atom is 0.205 e. The van der Waals surface area contributed by atoms with Crippen molar-refractivity contribution in [2.24, 2.45) is 0 Å². The van der Waals surface area contributed by atoms with Crippen LogP contribution in [0.25, 0.3) is 0 Å². The summed E-state index contributed by atoms with van der Waals surface area (Å²) >= 11 is 1.53. The highest BCUT2D eigenvalue weighted by Gasteiger charge is 2.25. The number of anilines is 3. The van der Waals surface area contributed by atoms with Crippen LogP contribution in [0.5, 0.6) is 5.75 Å². The van der Waals surface area contributed by atoms with E-state index in [1.54, 1.807) is 0 Å². The smallest absolute Gasteiger partial charge is 0.205 e. The minimum Gasteiger partial charge on any atom is -0.487 e. The number of likely N-dealkylation sites (N-methyl/N-ethyl adjacent to an activating group) is 1. The lowest BCUT2D eigenvalue weighted by Crippen LogP contribution is -2.48. The van der Waals surface area contributed by atoms with Gasteiger partial charge in [-0.1, -0.05) is 11.8 Å². The number of hydrogen-bond donors (Lipinski definition) is 2. The molecule has 0 spiro atoms. The van der Waals surface area contributed by atoms with Gasteiger partial charge in [0, 0.05) is 51.0 Å². The van der Waals surface area contributed by atoms with E-state index in [0.29, 0.717) is 29.1 Å². The second kappa shape index (κ2) is 10.1. The molecule has 0 bridgehead atoms. The van der Waals surface area contributed by atoms with Gasteiger partial charge >= 0.3 is 0 Å². The van der Waals surface area contributed by atoms with E-state index in [0.717, 1.165) is 50.8 Å². The van der Waals surface area contributed by atoms with Crippen LogP contribution in [0.15, 0.2) is 11.2 Å². The number of aryl methyl sites for hydroxylation is 1. The van der Waals surface area contributed by atoms with E-state index in [2.05, 4.69) is 49.3 Å². The first-order valence-corrected chi connectivity index (χ1v) is 11.2. The molecule has 0 amide bonds. The van der Waals surface area contributed by atoms with Gasteiger partial charge in [0.05, 0.1) is 6.61 Å². The monoisotopic (exact) mass is 420 g/mol. The Kier molecular flexibility index (Phi) is 7.57. The Hall–Kier alpha value is -2.04. The largest absolute Gasteiger partial charge is 0.487 e. The number of aromatic nitrogens is 4. The quantitative estimate of drug-likeness (QED) is 0.468. The van der Waals surface area contributed by atoms with Crippen molar-refractivity contribution in [1.82, 2.24) is 30.0 Å². The molecule has 1 aliphatic rings. The zero-order valence-electron chi connectivity index (χ0n) is 18.0. The first-order valence-electron chi connectivity index (χ1n) is 10.00. The van der Waals surface area contributed by atoms with Gasteiger partial charge in [-0.25, -0.2) is 9.97 Å². The molecule has 2 aromatic rings. The molecule has 3 rings (SSSR count). The van der Waals surface area contributed by atoms with Crippen molar-refractivity contribution in [3.8, 4) is 5.75 Å². The first kappa shape index (κ1) is 21.7. The molecule has 10 heteroatoms. The third-order valence-corrected chi connectivity index (χ3v) is 5.33. The van der Waals surface area contributed by atoms with Gasteiger partial charge < -0.3 is 19.9 Å². The van der Waals surface area contributed by atoms with Crippen LogP contribution in [-0.2, 0) is 0 Å². The molecule has 0 unspecified atom stereocenters. The van der Waals surface area contributed by atoms with Gasteiger partial charge in [0.1, 0.15) is 0 Å². The Balaban J connectivity index is 1.82. The lowest BCUT2D eigenvalue weighted by molar-refractivity contribution is 0.228. The molecule has 29 heavy (non-hydrogen) atoms. The molecule has 1 saturated heterocycles. The van der Waals surface area contributed by atoms with E-state index in [1.807, 2.05) is 26.2 Å². The molecule has 0 saturated carbocycles. The van der Waals surface area contributed by atoms with Crippen molar-refractivity contribution in [3.63, 3.8) is 0 Å². The van der Waals surface area contributed by atoms with Gasteiger partial charge in [-0.15, -0.1) is 0 Å². The first-order chi connectivity index (χ1) is 14.0. The number of H-pyrrole nitrogens is 1. The number of thioether (sulfide) groups is 1. The summed E-state index contributed by atoms with van der Waals surface area (Å²) in [6.07, 6.45) is 1.99. The van der Waals surface area contributed by atoms with Crippen LogP contribution in [0.3, 0.4) is 0 Å². The summed E-state index contributed by atoms with van der Waals surface area (Å²) in [6, 6.07) is 1.94. The Morgan fingerprint density at radius 3 is 2.59 bits per heavy atom. The minimum atomic E-state index is 0.548. The maximum absolute atomic E-state index is 6.01. The highest BCUT2D eigenvalue weighted by molar-refractivity contribution is 7.98. The van der Waals surface area contributed by atoms with Gasteiger partial charge in [0.15, 0.2) is 22.6 Å². The highest BCUT2D eigenvalue weighted by Crippen LogP contribution is 2.36. The minimum absolute atomic E-state index is 0.548. The van der Waals surface area contributed by atoms with Crippen LogP contribution in [0, 0.1) is 6.92 Å². The van der Waals surface area contributed by atoms with E-state index in [4.69, 9.17) is 9.72 Å². The zero-order valence-corrected chi connectivity index (χ0v) is 18.8. The molecule has 0 atom stereocenters. The van der Waals surface area contributed by atoms with E-state index in [1.165, 1.54) is 11.8 Å². The molecule has 0 radical (unpaired) electrons. The molecule has 1 fully saturated rings. The normalized spacial score (nSPS) is 15.2. The average molecular weight is 421 g/mol. The van der Waals surface area contributed by atoms with Crippen LogP contribution >= 0.6 is 11.8 Å². The predicted octanol–water partition coefficient (Wildman–Crippen LogP) is 2.06. The van der Waals surface area contributed by atoms with Gasteiger partial charge in [0.25, 0.3) is 0 Å². The highest BCUT2D eigenvalue weighted by atomic mass is 32.2. The number of piperazine rings is 1. The summed E-state index contributed by atoms with van der Waals surface area (Å²) < 4.78 is 6.01. The third kappa shape index (κ3) is 5.74. The van der Waals surface area contributed by atoms with Gasteiger partial charge in [-0.3, -0.25) is 10.00 Å². The van der Waals surface area contributed by atoms with Crippen molar-refractivity contribution in [2.45, 2.75) is 19.0 Å². The summed E-state index contributed by atoms with van der Waals surface area (Å²) in [5.74, 6) is 2.91.